The van der Waals surface area contributed by atoms with E-state index < -0.39 is 0 Å². The van der Waals surface area contributed by atoms with E-state index in [9.17, 15) is 0 Å². The molecule has 2 heterocycles. The van der Waals surface area contributed by atoms with Crippen LogP contribution in [0.25, 0.3) is 0 Å². The summed E-state index contributed by atoms with van der Waals surface area (Å²) in [5.41, 5.74) is 1.15. The Hall–Kier alpha value is -2.25. The molecule has 1 aromatic carbocycles. The van der Waals surface area contributed by atoms with E-state index in [0.29, 0.717) is 19.2 Å². The minimum absolute atomic E-state index is 0.458. The minimum Gasteiger partial charge on any atom is -0.492 e. The summed E-state index contributed by atoms with van der Waals surface area (Å²) in [5, 5.41) is 10.6. The number of guanidine groups is 1. The van der Waals surface area contributed by atoms with Crippen molar-refractivity contribution in [3.8, 4) is 5.75 Å². The summed E-state index contributed by atoms with van der Waals surface area (Å²) in [4.78, 5) is 9.41. The Balaban J connectivity index is 1.51. The lowest BCUT2D eigenvalue weighted by atomic mass is 10.1. The molecule has 1 saturated heterocycles. The average molecular weight is 430 g/mol. The molecule has 1 aromatic heterocycles. The predicted octanol–water partition coefficient (Wildman–Crippen LogP) is 3.41. The second kappa shape index (κ2) is 11.8. The van der Waals surface area contributed by atoms with E-state index in [1.54, 1.807) is 0 Å². The van der Waals surface area contributed by atoms with Crippen molar-refractivity contribution in [2.45, 2.75) is 32.4 Å². The number of rotatable bonds is 9. The normalized spacial score (nSPS) is 15.5. The van der Waals surface area contributed by atoms with Gasteiger partial charge in [-0.25, -0.2) is 4.99 Å². The number of hydrogen-bond acceptors (Lipinski definition) is 5. The molecule has 0 atom stereocenters. The maximum absolute atomic E-state index is 5.85. The lowest BCUT2D eigenvalue weighted by Crippen LogP contribution is -2.48. The van der Waals surface area contributed by atoms with E-state index in [0.717, 1.165) is 56.3 Å². The van der Waals surface area contributed by atoms with Gasteiger partial charge < -0.3 is 25.2 Å². The quantitative estimate of drug-likeness (QED) is 0.473. The molecule has 2 aromatic rings. The van der Waals surface area contributed by atoms with E-state index in [-0.39, 0.29) is 0 Å². The van der Waals surface area contributed by atoms with Crippen molar-refractivity contribution >= 4 is 22.3 Å². The largest absolute Gasteiger partial charge is 0.492 e. The van der Waals surface area contributed by atoms with Gasteiger partial charge >= 0.3 is 0 Å². The molecule has 7 heteroatoms. The number of nitrogens with one attached hydrogen (secondary N) is 2. The molecule has 0 radical (unpaired) electrons. The van der Waals surface area contributed by atoms with Crippen molar-refractivity contribution in [1.82, 2.24) is 15.5 Å². The molecule has 6 nitrogen and oxygen atoms in total. The van der Waals surface area contributed by atoms with Crippen LogP contribution in [0, 0.1) is 0 Å². The predicted molar refractivity (Wildman–Crippen MR) is 128 cm³/mol. The lowest BCUT2D eigenvalue weighted by Gasteiger charge is -2.33. The minimum atomic E-state index is 0.458. The van der Waals surface area contributed by atoms with Crippen LogP contribution < -0.4 is 20.3 Å². The van der Waals surface area contributed by atoms with Gasteiger partial charge in [-0.1, -0.05) is 12.1 Å². The highest BCUT2D eigenvalue weighted by atomic mass is 32.1. The highest BCUT2D eigenvalue weighted by Crippen LogP contribution is 2.24. The standard InChI is InChI=1S/C23H35N5OS/c1-4-24-23(26-20-10-12-28(13-11-20)22-9-6-16-30-22)25-18-19-7-5-8-21(17-19)29-15-14-27(2)3/h5-9,16-17,20H,4,10-15,18H2,1-3H3,(H2,24,25,26). The van der Waals surface area contributed by atoms with Gasteiger partial charge in [-0.2, -0.15) is 0 Å². The van der Waals surface area contributed by atoms with Crippen LogP contribution in [0.2, 0.25) is 0 Å². The van der Waals surface area contributed by atoms with Crippen LogP contribution in [0.15, 0.2) is 46.8 Å². The van der Waals surface area contributed by atoms with Crippen LogP contribution in [0.5, 0.6) is 5.75 Å². The number of piperidine rings is 1. The molecule has 1 fully saturated rings. The molecule has 1 aliphatic heterocycles. The fourth-order valence-corrected chi connectivity index (χ4v) is 4.24. The van der Waals surface area contributed by atoms with Crippen molar-refractivity contribution in [2.24, 2.45) is 4.99 Å². The third-order valence-corrected chi connectivity index (χ3v) is 6.05. The van der Waals surface area contributed by atoms with Crippen LogP contribution in [0.3, 0.4) is 0 Å². The number of ether oxygens (including phenoxy) is 1. The highest BCUT2D eigenvalue weighted by Gasteiger charge is 2.20. The Labute approximate surface area is 184 Å². The van der Waals surface area contributed by atoms with Crippen LogP contribution >= 0.6 is 11.3 Å². The van der Waals surface area contributed by atoms with Crippen molar-refractivity contribution < 1.29 is 4.74 Å². The van der Waals surface area contributed by atoms with Gasteiger partial charge in [-0.05, 0) is 69.1 Å². The Kier molecular flexibility index (Phi) is 8.83. The molecule has 2 N–H and O–H groups in total. The average Bonchev–Trinajstić information content (AvgIpc) is 3.28. The molecular weight excluding hydrogens is 394 g/mol. The number of thiophene rings is 1. The molecule has 1 aliphatic rings. The number of likely N-dealkylation sites (N-methyl/N-ethyl adjacent to an activating group) is 1. The van der Waals surface area contributed by atoms with E-state index in [1.807, 2.05) is 23.5 Å². The van der Waals surface area contributed by atoms with E-state index in [4.69, 9.17) is 9.73 Å². The molecule has 0 saturated carbocycles. The van der Waals surface area contributed by atoms with Gasteiger partial charge in [0.05, 0.1) is 11.5 Å². The number of hydrogen-bond donors (Lipinski definition) is 2. The van der Waals surface area contributed by atoms with E-state index in [2.05, 4.69) is 71.1 Å². The Morgan fingerprint density at radius 1 is 1.23 bits per heavy atom. The van der Waals surface area contributed by atoms with Crippen molar-refractivity contribution in [2.75, 3.05) is 51.8 Å². The molecular formula is C23H35N5OS. The van der Waals surface area contributed by atoms with Crippen molar-refractivity contribution in [3.63, 3.8) is 0 Å². The zero-order valence-electron chi connectivity index (χ0n) is 18.4. The molecule has 164 valence electrons. The van der Waals surface area contributed by atoms with Crippen LogP contribution in [-0.4, -0.2) is 63.8 Å². The van der Waals surface area contributed by atoms with E-state index >= 15 is 0 Å². The topological polar surface area (TPSA) is 52.1 Å². The first-order chi connectivity index (χ1) is 14.6. The smallest absolute Gasteiger partial charge is 0.191 e. The van der Waals surface area contributed by atoms with Gasteiger partial charge in [0, 0.05) is 32.2 Å². The van der Waals surface area contributed by atoms with Gasteiger partial charge in [-0.3, -0.25) is 0 Å². The summed E-state index contributed by atoms with van der Waals surface area (Å²) in [6, 6.07) is 13.0. The number of benzene rings is 1. The Morgan fingerprint density at radius 3 is 2.77 bits per heavy atom. The summed E-state index contributed by atoms with van der Waals surface area (Å²) < 4.78 is 5.85. The molecule has 0 bridgehead atoms. The molecule has 3 rings (SSSR count). The van der Waals surface area contributed by atoms with Crippen LogP contribution in [0.4, 0.5) is 5.00 Å². The zero-order valence-corrected chi connectivity index (χ0v) is 19.3. The Morgan fingerprint density at radius 2 is 2.07 bits per heavy atom. The second-order valence-electron chi connectivity index (χ2n) is 7.85. The second-order valence-corrected chi connectivity index (χ2v) is 8.78. The van der Waals surface area contributed by atoms with Gasteiger partial charge in [0.1, 0.15) is 12.4 Å². The summed E-state index contributed by atoms with van der Waals surface area (Å²) in [6.45, 7) is 7.36. The Bertz CT molecular complexity index is 770. The molecule has 0 spiro atoms. The van der Waals surface area contributed by atoms with Crippen LogP contribution in [-0.2, 0) is 6.54 Å². The van der Waals surface area contributed by atoms with Gasteiger partial charge in [0.25, 0.3) is 0 Å². The maximum Gasteiger partial charge on any atom is 0.191 e. The highest BCUT2D eigenvalue weighted by molar-refractivity contribution is 7.14. The van der Waals surface area contributed by atoms with Gasteiger partial charge in [-0.15, -0.1) is 11.3 Å². The number of anilines is 1. The first-order valence-electron chi connectivity index (χ1n) is 10.8. The zero-order chi connectivity index (χ0) is 21.2. The summed E-state index contributed by atoms with van der Waals surface area (Å²) in [6.07, 6.45) is 2.25. The third kappa shape index (κ3) is 7.22. The first-order valence-corrected chi connectivity index (χ1v) is 11.7. The SMILES string of the molecule is CCNC(=NCc1cccc(OCCN(C)C)c1)NC1CCN(c2cccs2)CC1. The molecule has 0 unspecified atom stereocenters. The number of aliphatic imine (C=N–C) groups is 1. The third-order valence-electron chi connectivity index (χ3n) is 5.12. The summed E-state index contributed by atoms with van der Waals surface area (Å²) in [5.74, 6) is 1.80. The lowest BCUT2D eigenvalue weighted by molar-refractivity contribution is 0.261. The fraction of sp³-hybridized carbons (Fsp3) is 0.522. The van der Waals surface area contributed by atoms with Gasteiger partial charge in [0.15, 0.2) is 5.96 Å². The maximum atomic E-state index is 5.85. The van der Waals surface area contributed by atoms with Gasteiger partial charge in [0.2, 0.25) is 0 Å². The molecule has 0 amide bonds. The summed E-state index contributed by atoms with van der Waals surface area (Å²) in [7, 11) is 4.10. The van der Waals surface area contributed by atoms with Crippen LogP contribution in [0.1, 0.15) is 25.3 Å². The van der Waals surface area contributed by atoms with E-state index in [1.165, 1.54) is 5.00 Å². The monoisotopic (exact) mass is 429 g/mol. The molecule has 0 aliphatic carbocycles. The summed E-state index contributed by atoms with van der Waals surface area (Å²) >= 11 is 1.82. The number of nitrogens with zero attached hydrogens (tertiary/aromatic N) is 3. The van der Waals surface area contributed by atoms with Crippen molar-refractivity contribution in [3.05, 3.63) is 47.3 Å². The fourth-order valence-electron chi connectivity index (χ4n) is 3.46. The first kappa shape index (κ1) is 22.4. The van der Waals surface area contributed by atoms with Crippen molar-refractivity contribution in [1.29, 1.82) is 0 Å². The molecule has 30 heavy (non-hydrogen) atoms.